The van der Waals surface area contributed by atoms with E-state index in [9.17, 15) is 9.59 Å². The topological polar surface area (TPSA) is 81.7 Å². The van der Waals surface area contributed by atoms with E-state index < -0.39 is 5.63 Å². The normalized spacial score (nSPS) is 11.8. The molecule has 0 saturated heterocycles. The van der Waals surface area contributed by atoms with Crippen LogP contribution in [0.1, 0.15) is 43.0 Å². The number of nitrogens with one attached hydrogen (secondary N) is 1. The third-order valence-electron chi connectivity index (χ3n) is 5.80. The Bertz CT molecular complexity index is 1370. The second-order valence-corrected chi connectivity index (χ2v) is 9.00. The molecule has 0 unspecified atom stereocenters. The first kappa shape index (κ1) is 21.7. The first-order chi connectivity index (χ1) is 15.2. The van der Waals surface area contributed by atoms with Crippen LogP contribution >= 0.6 is 0 Å². The van der Waals surface area contributed by atoms with E-state index in [1.54, 1.807) is 19.4 Å². The van der Waals surface area contributed by atoms with Crippen molar-refractivity contribution in [2.24, 2.45) is 0 Å². The summed E-state index contributed by atoms with van der Waals surface area (Å²) in [6.07, 6.45) is 1.69. The van der Waals surface area contributed by atoms with E-state index >= 15 is 0 Å². The van der Waals surface area contributed by atoms with Crippen molar-refractivity contribution in [3.05, 3.63) is 75.3 Å². The largest absolute Gasteiger partial charge is 0.496 e. The quantitative estimate of drug-likeness (QED) is 0.447. The maximum Gasteiger partial charge on any atom is 0.340 e. The number of furan rings is 1. The van der Waals surface area contributed by atoms with Crippen LogP contribution in [0.15, 0.2) is 56.3 Å². The zero-order valence-corrected chi connectivity index (χ0v) is 19.0. The van der Waals surface area contributed by atoms with Crippen molar-refractivity contribution in [2.75, 3.05) is 7.11 Å². The average Bonchev–Trinajstić information content (AvgIpc) is 3.17. The molecule has 0 radical (unpaired) electrons. The van der Waals surface area contributed by atoms with Crippen LogP contribution < -0.4 is 15.7 Å². The summed E-state index contributed by atoms with van der Waals surface area (Å²) in [5.74, 6) is 0.443. The number of hydrogen-bond donors (Lipinski definition) is 1. The van der Waals surface area contributed by atoms with Gasteiger partial charge in [-0.2, -0.15) is 0 Å². The third kappa shape index (κ3) is 4.00. The Kier molecular flexibility index (Phi) is 5.55. The zero-order chi connectivity index (χ0) is 23.0. The second kappa shape index (κ2) is 8.19. The molecular formula is C26H27NO5. The van der Waals surface area contributed by atoms with Crippen LogP contribution in [0.3, 0.4) is 0 Å². The molecule has 0 aliphatic carbocycles. The van der Waals surface area contributed by atoms with Crippen LogP contribution in [0.5, 0.6) is 5.75 Å². The number of carbonyl (C=O) groups is 1. The monoisotopic (exact) mass is 433 g/mol. The van der Waals surface area contributed by atoms with Crippen molar-refractivity contribution in [1.82, 2.24) is 5.32 Å². The molecule has 0 saturated carbocycles. The second-order valence-electron chi connectivity index (χ2n) is 9.00. The smallest absolute Gasteiger partial charge is 0.340 e. The molecule has 166 valence electrons. The summed E-state index contributed by atoms with van der Waals surface area (Å²) in [4.78, 5) is 25.3. The lowest BCUT2D eigenvalue weighted by Crippen LogP contribution is -2.27. The van der Waals surface area contributed by atoms with Crippen molar-refractivity contribution >= 4 is 27.8 Å². The number of carbonyl (C=O) groups excluding carboxylic acids is 1. The van der Waals surface area contributed by atoms with Gasteiger partial charge in [-0.1, -0.05) is 39.0 Å². The Morgan fingerprint density at radius 2 is 1.84 bits per heavy atom. The number of methoxy groups -OCH3 is 1. The summed E-state index contributed by atoms with van der Waals surface area (Å²) in [5.41, 5.74) is 3.56. The highest BCUT2D eigenvalue weighted by Crippen LogP contribution is 2.35. The fourth-order valence-corrected chi connectivity index (χ4v) is 3.96. The molecule has 0 aliphatic heterocycles. The van der Waals surface area contributed by atoms with Gasteiger partial charge in [0.1, 0.15) is 16.9 Å². The van der Waals surface area contributed by atoms with Crippen molar-refractivity contribution in [3.63, 3.8) is 0 Å². The number of rotatable bonds is 5. The molecule has 2 aromatic carbocycles. The van der Waals surface area contributed by atoms with Crippen molar-refractivity contribution < 1.29 is 18.4 Å². The fourth-order valence-electron chi connectivity index (χ4n) is 3.96. The van der Waals surface area contributed by atoms with Gasteiger partial charge in [-0.05, 0) is 30.0 Å². The Morgan fingerprint density at radius 3 is 2.56 bits per heavy atom. The molecule has 6 nitrogen and oxygen atoms in total. The van der Waals surface area contributed by atoms with E-state index in [0.29, 0.717) is 29.0 Å². The molecule has 1 N–H and O–H groups in total. The summed E-state index contributed by atoms with van der Waals surface area (Å²) >= 11 is 0. The first-order valence-electron chi connectivity index (χ1n) is 10.6. The highest BCUT2D eigenvalue weighted by molar-refractivity contribution is 5.97. The lowest BCUT2D eigenvalue weighted by Gasteiger charge is -2.16. The number of amides is 1. The number of aryl methyl sites for hydroxylation is 1. The van der Waals surface area contributed by atoms with Gasteiger partial charge in [-0.15, -0.1) is 0 Å². The van der Waals surface area contributed by atoms with Crippen LogP contribution in [-0.4, -0.2) is 13.0 Å². The highest BCUT2D eigenvalue weighted by atomic mass is 16.5. The Morgan fingerprint density at radius 1 is 1.09 bits per heavy atom. The van der Waals surface area contributed by atoms with Gasteiger partial charge >= 0.3 is 5.63 Å². The predicted octanol–water partition coefficient (Wildman–Crippen LogP) is 5.01. The van der Waals surface area contributed by atoms with Crippen LogP contribution in [-0.2, 0) is 23.2 Å². The average molecular weight is 434 g/mol. The first-order valence-corrected chi connectivity index (χ1v) is 10.6. The molecule has 2 heterocycles. The molecule has 6 heteroatoms. The van der Waals surface area contributed by atoms with Crippen molar-refractivity contribution in [3.8, 4) is 5.75 Å². The van der Waals surface area contributed by atoms with E-state index in [1.165, 1.54) is 0 Å². The maximum absolute atomic E-state index is 12.7. The number of hydrogen-bond acceptors (Lipinski definition) is 5. The number of ether oxygens (including phenoxy) is 1. The summed E-state index contributed by atoms with van der Waals surface area (Å²) in [5, 5.41) is 4.65. The lowest BCUT2D eigenvalue weighted by molar-refractivity contribution is -0.120. The Labute approximate surface area is 186 Å². The van der Waals surface area contributed by atoms with Gasteiger partial charge in [0.15, 0.2) is 0 Å². The van der Waals surface area contributed by atoms with Gasteiger partial charge in [0.2, 0.25) is 5.91 Å². The van der Waals surface area contributed by atoms with Gasteiger partial charge in [-0.3, -0.25) is 4.79 Å². The molecule has 2 aromatic heterocycles. The molecule has 4 aromatic rings. The van der Waals surface area contributed by atoms with Gasteiger partial charge in [-0.25, -0.2) is 4.79 Å². The summed E-state index contributed by atoms with van der Waals surface area (Å²) < 4.78 is 16.6. The maximum atomic E-state index is 12.7. The summed E-state index contributed by atoms with van der Waals surface area (Å²) in [6.45, 7) is 8.53. The molecule has 0 bridgehead atoms. The number of fused-ring (bicyclic) bond motifs is 2. The van der Waals surface area contributed by atoms with E-state index in [0.717, 1.165) is 27.5 Å². The Balaban J connectivity index is 1.65. The lowest BCUT2D eigenvalue weighted by atomic mass is 9.86. The molecule has 0 aliphatic rings. The van der Waals surface area contributed by atoms with Gasteiger partial charge < -0.3 is 18.9 Å². The third-order valence-corrected chi connectivity index (χ3v) is 5.80. The standard InChI is InChI=1S/C26H27NO5/c1-15-17-10-19-20(26(2,3)4)14-31-22(19)12-23(17)32-25(29)18(15)11-24(28)27-13-16-8-6-7-9-21(16)30-5/h6-10,12,14H,11,13H2,1-5H3,(H,27,28). The van der Waals surface area contributed by atoms with Crippen LogP contribution in [0.25, 0.3) is 21.9 Å². The molecule has 0 atom stereocenters. The molecule has 4 rings (SSSR count). The Hall–Kier alpha value is -3.54. The highest BCUT2D eigenvalue weighted by Gasteiger charge is 2.22. The van der Waals surface area contributed by atoms with Crippen molar-refractivity contribution in [2.45, 2.75) is 46.1 Å². The number of para-hydroxylation sites is 1. The fraction of sp³-hybridized carbons (Fsp3) is 0.308. The zero-order valence-electron chi connectivity index (χ0n) is 19.0. The van der Waals surface area contributed by atoms with Crippen LogP contribution in [0, 0.1) is 6.92 Å². The van der Waals surface area contributed by atoms with E-state index in [1.807, 2.05) is 37.3 Å². The SMILES string of the molecule is COc1ccccc1CNC(=O)Cc1c(C)c2cc3c(C(C)(C)C)coc3cc2oc1=O. The molecule has 0 spiro atoms. The van der Waals surface area contributed by atoms with Crippen molar-refractivity contribution in [1.29, 1.82) is 0 Å². The molecule has 0 fully saturated rings. The van der Waals surface area contributed by atoms with E-state index in [2.05, 4.69) is 26.1 Å². The molecule has 32 heavy (non-hydrogen) atoms. The minimum Gasteiger partial charge on any atom is -0.496 e. The predicted molar refractivity (Wildman–Crippen MR) is 124 cm³/mol. The van der Waals surface area contributed by atoms with Gasteiger partial charge in [0.25, 0.3) is 0 Å². The number of benzene rings is 2. The summed E-state index contributed by atoms with van der Waals surface area (Å²) in [7, 11) is 1.59. The van der Waals surface area contributed by atoms with Gasteiger partial charge in [0.05, 0.1) is 25.4 Å². The van der Waals surface area contributed by atoms with Crippen LogP contribution in [0.2, 0.25) is 0 Å². The molecule has 1 amide bonds. The van der Waals surface area contributed by atoms with Gasteiger partial charge in [0, 0.05) is 34.5 Å². The minimum atomic E-state index is -0.510. The van der Waals surface area contributed by atoms with Crippen LogP contribution in [0.4, 0.5) is 0 Å². The minimum absolute atomic E-state index is 0.0607. The van der Waals surface area contributed by atoms with E-state index in [-0.39, 0.29) is 17.7 Å². The molecular weight excluding hydrogens is 406 g/mol. The van der Waals surface area contributed by atoms with E-state index in [4.69, 9.17) is 13.6 Å². The summed E-state index contributed by atoms with van der Waals surface area (Å²) in [6, 6.07) is 11.2.